The fourth-order valence-corrected chi connectivity index (χ4v) is 2.95. The number of carbonyl (C=O) groups excluding carboxylic acids is 1. The van der Waals surface area contributed by atoms with E-state index in [1.807, 2.05) is 17.0 Å². The fraction of sp³-hybridized carbons (Fsp3) is 0.632. The molecule has 0 saturated heterocycles. The number of hydrogen-bond acceptors (Lipinski definition) is 4. The SMILES string of the molecule is CCCCCC(=O)N(Cc1ccc(OS(=O)(=O)CC)cc1)C(C)CC. The van der Waals surface area contributed by atoms with Crippen LogP contribution in [0.5, 0.6) is 5.75 Å². The predicted octanol–water partition coefficient (Wildman–Crippen LogP) is 4.12. The van der Waals surface area contributed by atoms with Gasteiger partial charge in [0.2, 0.25) is 5.91 Å². The van der Waals surface area contributed by atoms with Crippen LogP contribution in [-0.4, -0.2) is 31.0 Å². The van der Waals surface area contributed by atoms with E-state index in [9.17, 15) is 13.2 Å². The summed E-state index contributed by atoms with van der Waals surface area (Å²) in [6, 6.07) is 7.08. The molecule has 0 aliphatic carbocycles. The van der Waals surface area contributed by atoms with Crippen molar-refractivity contribution in [1.82, 2.24) is 4.90 Å². The summed E-state index contributed by atoms with van der Waals surface area (Å²) in [6.07, 6.45) is 4.56. The normalized spacial score (nSPS) is 12.6. The van der Waals surface area contributed by atoms with Crippen molar-refractivity contribution in [2.75, 3.05) is 5.75 Å². The molecule has 0 N–H and O–H groups in total. The Bertz CT molecular complexity index is 625. The molecule has 6 heteroatoms. The molecule has 0 radical (unpaired) electrons. The van der Waals surface area contributed by atoms with Crippen LogP contribution < -0.4 is 4.18 Å². The Morgan fingerprint density at radius 2 is 1.76 bits per heavy atom. The highest BCUT2D eigenvalue weighted by Gasteiger charge is 2.19. The summed E-state index contributed by atoms with van der Waals surface area (Å²) in [6.45, 7) is 8.32. The Morgan fingerprint density at radius 1 is 1.12 bits per heavy atom. The lowest BCUT2D eigenvalue weighted by Crippen LogP contribution is -2.37. The minimum atomic E-state index is -3.52. The van der Waals surface area contributed by atoms with E-state index in [0.29, 0.717) is 18.7 Å². The van der Waals surface area contributed by atoms with E-state index in [-0.39, 0.29) is 17.7 Å². The highest BCUT2D eigenvalue weighted by atomic mass is 32.2. The smallest absolute Gasteiger partial charge is 0.308 e. The summed E-state index contributed by atoms with van der Waals surface area (Å²) >= 11 is 0. The maximum absolute atomic E-state index is 12.5. The number of nitrogens with zero attached hydrogens (tertiary/aromatic N) is 1. The van der Waals surface area contributed by atoms with Gasteiger partial charge in [-0.25, -0.2) is 0 Å². The van der Waals surface area contributed by atoms with Gasteiger partial charge in [-0.1, -0.05) is 38.8 Å². The van der Waals surface area contributed by atoms with Crippen LogP contribution in [0.15, 0.2) is 24.3 Å². The highest BCUT2D eigenvalue weighted by molar-refractivity contribution is 7.87. The molecule has 1 amide bonds. The molecule has 1 rings (SSSR count). The molecule has 0 fully saturated rings. The average Bonchev–Trinajstić information content (AvgIpc) is 2.60. The van der Waals surface area contributed by atoms with Crippen LogP contribution in [0, 0.1) is 0 Å². The maximum atomic E-state index is 12.5. The summed E-state index contributed by atoms with van der Waals surface area (Å²) < 4.78 is 28.0. The molecule has 5 nitrogen and oxygen atoms in total. The molecular formula is C19H31NO4S. The molecule has 1 aromatic carbocycles. The first-order chi connectivity index (χ1) is 11.8. The topological polar surface area (TPSA) is 63.7 Å². The minimum absolute atomic E-state index is 0.0667. The molecule has 0 aromatic heterocycles. The van der Waals surface area contributed by atoms with Gasteiger partial charge in [-0.15, -0.1) is 0 Å². The van der Waals surface area contributed by atoms with Gasteiger partial charge in [0, 0.05) is 19.0 Å². The molecule has 0 bridgehead atoms. The van der Waals surface area contributed by atoms with Gasteiger partial charge in [-0.3, -0.25) is 4.79 Å². The number of rotatable bonds is 11. The third-order valence-electron chi connectivity index (χ3n) is 4.29. The Balaban J connectivity index is 2.78. The van der Waals surface area contributed by atoms with E-state index in [1.165, 1.54) is 6.92 Å². The van der Waals surface area contributed by atoms with E-state index in [1.54, 1.807) is 12.1 Å². The van der Waals surface area contributed by atoms with Crippen molar-refractivity contribution in [2.45, 2.75) is 72.4 Å². The first-order valence-electron chi connectivity index (χ1n) is 9.13. The lowest BCUT2D eigenvalue weighted by Gasteiger charge is -2.29. The van der Waals surface area contributed by atoms with Gasteiger partial charge in [0.25, 0.3) is 0 Å². The van der Waals surface area contributed by atoms with Crippen molar-refractivity contribution in [3.8, 4) is 5.75 Å². The summed E-state index contributed by atoms with van der Waals surface area (Å²) in [4.78, 5) is 14.4. The van der Waals surface area contributed by atoms with Gasteiger partial charge in [0.1, 0.15) is 5.75 Å². The van der Waals surface area contributed by atoms with E-state index in [4.69, 9.17) is 4.18 Å². The molecule has 25 heavy (non-hydrogen) atoms. The van der Waals surface area contributed by atoms with Crippen LogP contribution in [0.2, 0.25) is 0 Å². The average molecular weight is 370 g/mol. The number of unbranched alkanes of at least 4 members (excludes halogenated alkanes) is 2. The van der Waals surface area contributed by atoms with Crippen molar-refractivity contribution in [1.29, 1.82) is 0 Å². The molecule has 0 saturated carbocycles. The molecule has 142 valence electrons. The van der Waals surface area contributed by atoms with Crippen LogP contribution >= 0.6 is 0 Å². The van der Waals surface area contributed by atoms with Crippen molar-refractivity contribution in [2.24, 2.45) is 0 Å². The lowest BCUT2D eigenvalue weighted by molar-refractivity contribution is -0.134. The molecular weight excluding hydrogens is 338 g/mol. The second kappa shape index (κ2) is 10.4. The number of benzene rings is 1. The van der Waals surface area contributed by atoms with Gasteiger partial charge >= 0.3 is 10.1 Å². The number of amides is 1. The van der Waals surface area contributed by atoms with Gasteiger partial charge in [0.15, 0.2) is 0 Å². The van der Waals surface area contributed by atoms with Crippen LogP contribution in [0.1, 0.15) is 65.4 Å². The second-order valence-corrected chi connectivity index (χ2v) is 8.17. The fourth-order valence-electron chi connectivity index (χ4n) is 2.43. The monoisotopic (exact) mass is 369 g/mol. The Morgan fingerprint density at radius 3 is 2.28 bits per heavy atom. The van der Waals surface area contributed by atoms with Gasteiger partial charge < -0.3 is 9.08 Å². The van der Waals surface area contributed by atoms with Crippen LogP contribution in [0.3, 0.4) is 0 Å². The first kappa shape index (κ1) is 21.5. The molecule has 0 heterocycles. The van der Waals surface area contributed by atoms with Gasteiger partial charge in [0.05, 0.1) is 5.75 Å². The highest BCUT2D eigenvalue weighted by Crippen LogP contribution is 2.18. The summed E-state index contributed by atoms with van der Waals surface area (Å²) in [7, 11) is -3.52. The minimum Gasteiger partial charge on any atom is -0.382 e. The zero-order valence-corrected chi connectivity index (χ0v) is 16.6. The number of carbonyl (C=O) groups is 1. The van der Waals surface area contributed by atoms with Crippen molar-refractivity contribution >= 4 is 16.0 Å². The zero-order chi connectivity index (χ0) is 18.9. The molecule has 1 atom stereocenters. The molecule has 0 spiro atoms. The van der Waals surface area contributed by atoms with Gasteiger partial charge in [-0.2, -0.15) is 8.42 Å². The second-order valence-electron chi connectivity index (χ2n) is 6.31. The van der Waals surface area contributed by atoms with E-state index < -0.39 is 10.1 Å². The van der Waals surface area contributed by atoms with Crippen molar-refractivity contribution in [3.05, 3.63) is 29.8 Å². The summed E-state index contributed by atoms with van der Waals surface area (Å²) in [5.41, 5.74) is 0.963. The van der Waals surface area contributed by atoms with Crippen molar-refractivity contribution < 1.29 is 17.4 Å². The Hall–Kier alpha value is -1.56. The van der Waals surface area contributed by atoms with E-state index in [0.717, 1.165) is 31.2 Å². The van der Waals surface area contributed by atoms with Crippen LogP contribution in [0.25, 0.3) is 0 Å². The van der Waals surface area contributed by atoms with Gasteiger partial charge in [-0.05, 0) is 44.4 Å². The number of hydrogen-bond donors (Lipinski definition) is 0. The molecule has 0 aliphatic rings. The molecule has 0 aliphatic heterocycles. The van der Waals surface area contributed by atoms with E-state index >= 15 is 0 Å². The molecule has 1 aromatic rings. The first-order valence-corrected chi connectivity index (χ1v) is 10.7. The third kappa shape index (κ3) is 7.46. The standard InChI is InChI=1S/C19H31NO4S/c1-5-8-9-10-19(21)20(16(4)6-2)15-17-11-13-18(14-12-17)24-25(22,23)7-3/h11-14,16H,5-10,15H2,1-4H3. The van der Waals surface area contributed by atoms with Crippen molar-refractivity contribution in [3.63, 3.8) is 0 Å². The summed E-state index contributed by atoms with van der Waals surface area (Å²) in [5, 5.41) is 0. The quantitative estimate of drug-likeness (QED) is 0.435. The van der Waals surface area contributed by atoms with Crippen LogP contribution in [0.4, 0.5) is 0 Å². The zero-order valence-electron chi connectivity index (χ0n) is 15.8. The lowest BCUT2D eigenvalue weighted by atomic mass is 10.1. The molecule has 1 unspecified atom stereocenters. The predicted molar refractivity (Wildman–Crippen MR) is 101 cm³/mol. The Labute approximate surface area is 152 Å². The van der Waals surface area contributed by atoms with Crippen LogP contribution in [-0.2, 0) is 21.5 Å². The summed E-state index contributed by atoms with van der Waals surface area (Å²) in [5.74, 6) is 0.412. The largest absolute Gasteiger partial charge is 0.382 e. The van der Waals surface area contributed by atoms with E-state index in [2.05, 4.69) is 20.8 Å². The maximum Gasteiger partial charge on any atom is 0.308 e. The Kier molecular flexibility index (Phi) is 8.97. The third-order valence-corrected chi connectivity index (χ3v) is 5.44.